The first-order valence-corrected chi connectivity index (χ1v) is 7.05. The van der Waals surface area contributed by atoms with E-state index >= 15 is 0 Å². The first kappa shape index (κ1) is 21.0. The van der Waals surface area contributed by atoms with Crippen LogP contribution in [0.1, 0.15) is 6.42 Å². The fourth-order valence-corrected chi connectivity index (χ4v) is 2.52. The minimum absolute atomic E-state index is 0. The molecule has 2 rings (SSSR count). The van der Waals surface area contributed by atoms with Gasteiger partial charge in [-0.05, 0) is 18.6 Å². The average molecular weight is 350 g/mol. The minimum Gasteiger partial charge on any atom is -0.383 e. The molecule has 126 valence electrons. The van der Waals surface area contributed by atoms with Crippen LogP contribution in [0.4, 0.5) is 5.69 Å². The summed E-state index contributed by atoms with van der Waals surface area (Å²) in [5.41, 5.74) is 7.04. The SMILES string of the molecule is COCC(N)C(=O)N1CCCN(c2ccccc2)CC1.Cl.Cl. The summed E-state index contributed by atoms with van der Waals surface area (Å²) >= 11 is 0. The maximum absolute atomic E-state index is 12.2. The molecule has 1 atom stereocenters. The van der Waals surface area contributed by atoms with Crippen molar-refractivity contribution >= 4 is 36.4 Å². The van der Waals surface area contributed by atoms with E-state index in [9.17, 15) is 4.79 Å². The molecule has 1 heterocycles. The van der Waals surface area contributed by atoms with Crippen molar-refractivity contribution in [3.05, 3.63) is 30.3 Å². The van der Waals surface area contributed by atoms with Gasteiger partial charge in [-0.15, -0.1) is 24.8 Å². The van der Waals surface area contributed by atoms with Crippen molar-refractivity contribution in [3.8, 4) is 0 Å². The molecular formula is C15H25Cl2N3O2. The number of benzene rings is 1. The zero-order valence-electron chi connectivity index (χ0n) is 12.8. The van der Waals surface area contributed by atoms with Gasteiger partial charge in [-0.1, -0.05) is 18.2 Å². The second kappa shape index (κ2) is 10.7. The molecule has 1 aliphatic heterocycles. The van der Waals surface area contributed by atoms with E-state index in [1.54, 1.807) is 7.11 Å². The number of halogens is 2. The molecule has 1 aromatic carbocycles. The van der Waals surface area contributed by atoms with Gasteiger partial charge in [0.1, 0.15) is 6.04 Å². The molecule has 5 nitrogen and oxygen atoms in total. The first-order valence-electron chi connectivity index (χ1n) is 7.05. The molecule has 1 fully saturated rings. The summed E-state index contributed by atoms with van der Waals surface area (Å²) in [7, 11) is 1.56. The van der Waals surface area contributed by atoms with Gasteiger partial charge in [0.15, 0.2) is 0 Å². The van der Waals surface area contributed by atoms with Gasteiger partial charge in [-0.25, -0.2) is 0 Å². The topological polar surface area (TPSA) is 58.8 Å². The van der Waals surface area contributed by atoms with Gasteiger partial charge in [0.25, 0.3) is 0 Å². The van der Waals surface area contributed by atoms with Crippen LogP contribution < -0.4 is 10.6 Å². The molecule has 0 bridgehead atoms. The number of ether oxygens (including phenoxy) is 1. The third kappa shape index (κ3) is 5.65. The summed E-state index contributed by atoms with van der Waals surface area (Å²) in [5.74, 6) is -0.0123. The Bertz CT molecular complexity index is 434. The molecule has 0 saturated carbocycles. The number of hydrogen-bond donors (Lipinski definition) is 1. The van der Waals surface area contributed by atoms with Gasteiger partial charge in [0.05, 0.1) is 6.61 Å². The van der Waals surface area contributed by atoms with E-state index in [1.807, 2.05) is 23.1 Å². The van der Waals surface area contributed by atoms with Crippen LogP contribution in [0.2, 0.25) is 0 Å². The lowest BCUT2D eigenvalue weighted by molar-refractivity contribution is -0.133. The number of amides is 1. The number of hydrogen-bond acceptors (Lipinski definition) is 4. The number of para-hydroxylation sites is 1. The van der Waals surface area contributed by atoms with Crippen LogP contribution in [0.25, 0.3) is 0 Å². The van der Waals surface area contributed by atoms with E-state index in [1.165, 1.54) is 5.69 Å². The summed E-state index contributed by atoms with van der Waals surface area (Å²) in [6, 6.07) is 9.75. The third-order valence-corrected chi connectivity index (χ3v) is 3.59. The Hall–Kier alpha value is -1.01. The van der Waals surface area contributed by atoms with E-state index in [-0.39, 0.29) is 37.3 Å². The number of nitrogens with two attached hydrogens (primary N) is 1. The number of methoxy groups -OCH3 is 1. The summed E-state index contributed by atoms with van der Waals surface area (Å²) in [4.78, 5) is 16.4. The number of carbonyl (C=O) groups is 1. The van der Waals surface area contributed by atoms with Gasteiger partial charge in [-0.3, -0.25) is 4.79 Å². The van der Waals surface area contributed by atoms with Crippen LogP contribution in [-0.2, 0) is 9.53 Å². The summed E-state index contributed by atoms with van der Waals surface area (Å²) < 4.78 is 4.95. The molecular weight excluding hydrogens is 325 g/mol. The summed E-state index contributed by atoms with van der Waals surface area (Å²) in [6.45, 7) is 3.56. The van der Waals surface area contributed by atoms with Gasteiger partial charge >= 0.3 is 0 Å². The lowest BCUT2D eigenvalue weighted by Gasteiger charge is -2.25. The van der Waals surface area contributed by atoms with E-state index in [2.05, 4.69) is 17.0 Å². The Morgan fingerprint density at radius 3 is 2.50 bits per heavy atom. The Morgan fingerprint density at radius 1 is 1.18 bits per heavy atom. The molecule has 1 amide bonds. The third-order valence-electron chi connectivity index (χ3n) is 3.59. The van der Waals surface area contributed by atoms with E-state index < -0.39 is 6.04 Å². The fraction of sp³-hybridized carbons (Fsp3) is 0.533. The Morgan fingerprint density at radius 2 is 1.86 bits per heavy atom. The number of carbonyl (C=O) groups excluding carboxylic acids is 1. The predicted molar refractivity (Wildman–Crippen MR) is 94.2 cm³/mol. The van der Waals surface area contributed by atoms with Gasteiger partial charge in [0.2, 0.25) is 5.91 Å². The highest BCUT2D eigenvalue weighted by atomic mass is 35.5. The van der Waals surface area contributed by atoms with Crippen molar-refractivity contribution in [2.24, 2.45) is 5.73 Å². The van der Waals surface area contributed by atoms with E-state index in [4.69, 9.17) is 10.5 Å². The van der Waals surface area contributed by atoms with Crippen LogP contribution in [0, 0.1) is 0 Å². The van der Waals surface area contributed by atoms with Crippen molar-refractivity contribution in [2.75, 3.05) is 44.8 Å². The van der Waals surface area contributed by atoms with Crippen LogP contribution in [-0.4, -0.2) is 56.7 Å². The molecule has 0 radical (unpaired) electrons. The lowest BCUT2D eigenvalue weighted by Crippen LogP contribution is -2.47. The molecule has 22 heavy (non-hydrogen) atoms. The van der Waals surface area contributed by atoms with Crippen molar-refractivity contribution < 1.29 is 9.53 Å². The van der Waals surface area contributed by atoms with Gasteiger partial charge in [-0.2, -0.15) is 0 Å². The van der Waals surface area contributed by atoms with Crippen molar-refractivity contribution in [1.82, 2.24) is 4.90 Å². The molecule has 0 aliphatic carbocycles. The molecule has 1 aromatic rings. The van der Waals surface area contributed by atoms with Crippen LogP contribution >= 0.6 is 24.8 Å². The second-order valence-corrected chi connectivity index (χ2v) is 5.06. The predicted octanol–water partition coefficient (Wildman–Crippen LogP) is 1.54. The summed E-state index contributed by atoms with van der Waals surface area (Å²) in [5, 5.41) is 0. The zero-order valence-corrected chi connectivity index (χ0v) is 14.4. The zero-order chi connectivity index (χ0) is 14.4. The number of rotatable bonds is 4. The maximum atomic E-state index is 12.2. The lowest BCUT2D eigenvalue weighted by atomic mass is 10.2. The largest absolute Gasteiger partial charge is 0.383 e. The van der Waals surface area contributed by atoms with E-state index in [0.717, 1.165) is 26.1 Å². The highest BCUT2D eigenvalue weighted by molar-refractivity contribution is 5.85. The molecule has 1 unspecified atom stereocenters. The number of nitrogens with zero attached hydrogens (tertiary/aromatic N) is 2. The maximum Gasteiger partial charge on any atom is 0.241 e. The Balaban J connectivity index is 0.00000220. The van der Waals surface area contributed by atoms with Crippen LogP contribution in [0.5, 0.6) is 0 Å². The van der Waals surface area contributed by atoms with E-state index in [0.29, 0.717) is 6.54 Å². The standard InChI is InChI=1S/C15H23N3O2.2ClH/c1-20-12-14(16)15(19)18-9-5-8-17(10-11-18)13-6-3-2-4-7-13;;/h2-4,6-7,14H,5,8-12,16H2,1H3;2*1H. The average Bonchev–Trinajstić information content (AvgIpc) is 2.73. The summed E-state index contributed by atoms with van der Waals surface area (Å²) in [6.07, 6.45) is 0.959. The number of anilines is 1. The van der Waals surface area contributed by atoms with Crippen molar-refractivity contribution in [3.63, 3.8) is 0 Å². The molecule has 0 spiro atoms. The van der Waals surface area contributed by atoms with Gasteiger partial charge < -0.3 is 20.3 Å². The molecule has 2 N–H and O–H groups in total. The highest BCUT2D eigenvalue weighted by Gasteiger charge is 2.23. The molecule has 0 aromatic heterocycles. The fourth-order valence-electron chi connectivity index (χ4n) is 2.52. The quantitative estimate of drug-likeness (QED) is 0.895. The Kier molecular flexibility index (Phi) is 10.2. The first-order chi connectivity index (χ1) is 9.72. The highest BCUT2D eigenvalue weighted by Crippen LogP contribution is 2.15. The minimum atomic E-state index is -0.553. The second-order valence-electron chi connectivity index (χ2n) is 5.06. The van der Waals surface area contributed by atoms with Crippen molar-refractivity contribution in [1.29, 1.82) is 0 Å². The smallest absolute Gasteiger partial charge is 0.241 e. The van der Waals surface area contributed by atoms with Crippen LogP contribution in [0.15, 0.2) is 30.3 Å². The molecule has 1 aliphatic rings. The van der Waals surface area contributed by atoms with Crippen molar-refractivity contribution in [2.45, 2.75) is 12.5 Å². The normalized spacial score (nSPS) is 16.1. The van der Waals surface area contributed by atoms with Gasteiger partial charge in [0, 0.05) is 39.0 Å². The Labute approximate surface area is 144 Å². The van der Waals surface area contributed by atoms with Crippen LogP contribution in [0.3, 0.4) is 0 Å². The monoisotopic (exact) mass is 349 g/mol. The molecule has 7 heteroatoms. The molecule has 1 saturated heterocycles.